The Morgan fingerprint density at radius 1 is 1.33 bits per heavy atom. The van der Waals surface area contributed by atoms with Gasteiger partial charge in [0.1, 0.15) is 0 Å². The number of nitrogens with two attached hydrogens (primary N) is 1. The molecule has 0 aromatic heterocycles. The predicted octanol–water partition coefficient (Wildman–Crippen LogP) is 1.66. The third-order valence-corrected chi connectivity index (χ3v) is 1.37. The van der Waals surface area contributed by atoms with Crippen LogP contribution < -0.4 is 5.73 Å². The molecule has 0 aliphatic carbocycles. The summed E-state index contributed by atoms with van der Waals surface area (Å²) >= 11 is 0. The van der Waals surface area contributed by atoms with Crippen molar-refractivity contribution in [2.45, 2.75) is 26.7 Å². The summed E-state index contributed by atoms with van der Waals surface area (Å²) in [4.78, 5) is 10.6. The van der Waals surface area contributed by atoms with Gasteiger partial charge in [0.2, 0.25) is 0 Å². The second-order valence-electron chi connectivity index (χ2n) is 2.40. The minimum atomic E-state index is -0.959. The Hall–Kier alpha value is -1.25. The van der Waals surface area contributed by atoms with E-state index in [-0.39, 0.29) is 5.57 Å². The number of carboxylic acids is 1. The van der Waals surface area contributed by atoms with Gasteiger partial charge in [0, 0.05) is 5.70 Å². The number of allylic oxidation sites excluding steroid dienone is 2. The Morgan fingerprint density at radius 2 is 1.83 bits per heavy atom. The number of hydrogen-bond donors (Lipinski definition) is 2. The fourth-order valence-electron chi connectivity index (χ4n) is 0.863. The van der Waals surface area contributed by atoms with E-state index in [9.17, 15) is 4.79 Å². The minimum Gasteiger partial charge on any atom is -0.478 e. The third kappa shape index (κ3) is 3.23. The summed E-state index contributed by atoms with van der Waals surface area (Å²) in [7, 11) is 0. The topological polar surface area (TPSA) is 63.3 Å². The van der Waals surface area contributed by atoms with Crippen LogP contribution in [0, 0.1) is 0 Å². The fraction of sp³-hybridized carbons (Fsp3) is 0.444. The number of hydrogen-bond acceptors (Lipinski definition) is 2. The van der Waals surface area contributed by atoms with Crippen LogP contribution in [-0.4, -0.2) is 11.1 Å². The van der Waals surface area contributed by atoms with E-state index in [1.54, 1.807) is 12.2 Å². The highest BCUT2D eigenvalue weighted by Crippen LogP contribution is 2.06. The third-order valence-electron chi connectivity index (χ3n) is 1.37. The molecule has 0 aliphatic heterocycles. The molecule has 3 nitrogen and oxygen atoms in total. The summed E-state index contributed by atoms with van der Waals surface area (Å²) in [6.45, 7) is 3.79. The summed E-state index contributed by atoms with van der Waals surface area (Å²) in [6, 6.07) is 0. The maximum absolute atomic E-state index is 10.6. The zero-order chi connectivity index (χ0) is 9.56. The quantitative estimate of drug-likeness (QED) is 0.497. The van der Waals surface area contributed by atoms with Crippen molar-refractivity contribution in [3.8, 4) is 0 Å². The van der Waals surface area contributed by atoms with Gasteiger partial charge in [0.15, 0.2) is 0 Å². The molecular weight excluding hydrogens is 154 g/mol. The molecule has 68 valence electrons. The van der Waals surface area contributed by atoms with Crippen molar-refractivity contribution in [3.05, 3.63) is 23.4 Å². The van der Waals surface area contributed by atoms with Crippen LogP contribution in [0.3, 0.4) is 0 Å². The highest BCUT2D eigenvalue weighted by Gasteiger charge is 2.07. The molecular formula is C9H15NO2. The van der Waals surface area contributed by atoms with Crippen LogP contribution in [0.1, 0.15) is 26.7 Å². The minimum absolute atomic E-state index is 0.208. The smallest absolute Gasteiger partial charge is 0.337 e. The summed E-state index contributed by atoms with van der Waals surface area (Å²) in [5, 5.41) is 8.71. The van der Waals surface area contributed by atoms with Gasteiger partial charge in [-0.1, -0.05) is 26.0 Å². The largest absolute Gasteiger partial charge is 0.478 e. The highest BCUT2D eigenvalue weighted by molar-refractivity contribution is 5.91. The van der Waals surface area contributed by atoms with Gasteiger partial charge in [-0.05, 0) is 12.8 Å². The van der Waals surface area contributed by atoms with Crippen LogP contribution in [0.25, 0.3) is 0 Å². The summed E-state index contributed by atoms with van der Waals surface area (Å²) in [5.74, 6) is -0.959. The van der Waals surface area contributed by atoms with E-state index < -0.39 is 5.97 Å². The molecule has 0 aliphatic rings. The molecule has 0 aromatic rings. The molecule has 0 fully saturated rings. The molecule has 0 saturated heterocycles. The van der Waals surface area contributed by atoms with Crippen molar-refractivity contribution in [2.75, 3.05) is 0 Å². The van der Waals surface area contributed by atoms with Gasteiger partial charge < -0.3 is 10.8 Å². The van der Waals surface area contributed by atoms with Gasteiger partial charge in [0.05, 0.1) is 5.57 Å². The molecule has 12 heavy (non-hydrogen) atoms. The van der Waals surface area contributed by atoms with Gasteiger partial charge in [-0.25, -0.2) is 4.79 Å². The van der Waals surface area contributed by atoms with Gasteiger partial charge in [-0.2, -0.15) is 0 Å². The molecule has 0 amide bonds. The fourth-order valence-corrected chi connectivity index (χ4v) is 0.863. The SMILES string of the molecule is CC/C=C(N)\C(=C/CC)C(=O)O. The standard InChI is InChI=1S/C9H15NO2/c1-3-5-7(9(11)12)8(10)6-4-2/h5-6H,3-4,10H2,1-2H3,(H,11,12)/b7-5+,8-6+. The molecule has 0 rings (SSSR count). The van der Waals surface area contributed by atoms with E-state index >= 15 is 0 Å². The van der Waals surface area contributed by atoms with E-state index in [2.05, 4.69) is 0 Å². The van der Waals surface area contributed by atoms with E-state index in [0.29, 0.717) is 12.1 Å². The Kier molecular flexibility index (Phi) is 4.84. The lowest BCUT2D eigenvalue weighted by Crippen LogP contribution is -2.10. The van der Waals surface area contributed by atoms with Crippen molar-refractivity contribution < 1.29 is 9.90 Å². The molecule has 3 N–H and O–H groups in total. The van der Waals surface area contributed by atoms with Crippen LogP contribution in [-0.2, 0) is 4.79 Å². The lowest BCUT2D eigenvalue weighted by molar-refractivity contribution is -0.132. The van der Waals surface area contributed by atoms with Gasteiger partial charge in [0.25, 0.3) is 0 Å². The summed E-state index contributed by atoms with van der Waals surface area (Å²) in [6.07, 6.45) is 4.75. The van der Waals surface area contributed by atoms with E-state index in [0.717, 1.165) is 6.42 Å². The molecule has 0 aromatic carbocycles. The number of carboxylic acid groups (broad SMARTS) is 1. The molecule has 0 saturated carbocycles. The Balaban J connectivity index is 4.64. The van der Waals surface area contributed by atoms with Crippen LogP contribution >= 0.6 is 0 Å². The van der Waals surface area contributed by atoms with E-state index in [1.807, 2.05) is 13.8 Å². The first-order chi connectivity index (χ1) is 5.63. The summed E-state index contributed by atoms with van der Waals surface area (Å²) in [5.41, 5.74) is 6.09. The highest BCUT2D eigenvalue weighted by atomic mass is 16.4. The van der Waals surface area contributed by atoms with E-state index in [4.69, 9.17) is 10.8 Å². The monoisotopic (exact) mass is 169 g/mol. The predicted molar refractivity (Wildman–Crippen MR) is 48.6 cm³/mol. The van der Waals surface area contributed by atoms with Crippen LogP contribution in [0.4, 0.5) is 0 Å². The first-order valence-corrected chi connectivity index (χ1v) is 4.02. The average Bonchev–Trinajstić information content (AvgIpc) is 1.99. The lowest BCUT2D eigenvalue weighted by Gasteiger charge is -2.00. The van der Waals surface area contributed by atoms with E-state index in [1.165, 1.54) is 0 Å². The normalized spacial score (nSPS) is 13.2. The Bertz CT molecular complexity index is 217. The van der Waals surface area contributed by atoms with Crippen LogP contribution in [0.2, 0.25) is 0 Å². The second-order valence-corrected chi connectivity index (χ2v) is 2.40. The number of rotatable bonds is 4. The first kappa shape index (κ1) is 10.8. The zero-order valence-corrected chi connectivity index (χ0v) is 7.50. The van der Waals surface area contributed by atoms with Crippen molar-refractivity contribution in [3.63, 3.8) is 0 Å². The summed E-state index contributed by atoms with van der Waals surface area (Å²) < 4.78 is 0. The molecule has 0 radical (unpaired) electrons. The molecule has 0 spiro atoms. The maximum Gasteiger partial charge on any atom is 0.337 e. The lowest BCUT2D eigenvalue weighted by atomic mass is 10.1. The van der Waals surface area contributed by atoms with Crippen molar-refractivity contribution in [1.82, 2.24) is 0 Å². The molecule has 0 atom stereocenters. The zero-order valence-electron chi connectivity index (χ0n) is 7.50. The Morgan fingerprint density at radius 3 is 2.17 bits per heavy atom. The second kappa shape index (κ2) is 5.41. The van der Waals surface area contributed by atoms with Gasteiger partial charge in [-0.15, -0.1) is 0 Å². The Labute approximate surface area is 72.6 Å². The maximum atomic E-state index is 10.6. The van der Waals surface area contributed by atoms with Crippen LogP contribution in [0.15, 0.2) is 23.4 Å². The molecule has 0 unspecified atom stereocenters. The van der Waals surface area contributed by atoms with Crippen LogP contribution in [0.5, 0.6) is 0 Å². The number of aliphatic carboxylic acids is 1. The number of carbonyl (C=O) groups is 1. The van der Waals surface area contributed by atoms with Crippen molar-refractivity contribution in [1.29, 1.82) is 0 Å². The van der Waals surface area contributed by atoms with Crippen molar-refractivity contribution in [2.24, 2.45) is 5.73 Å². The average molecular weight is 169 g/mol. The van der Waals surface area contributed by atoms with Gasteiger partial charge >= 0.3 is 5.97 Å². The molecule has 0 heterocycles. The molecule has 3 heteroatoms. The van der Waals surface area contributed by atoms with Gasteiger partial charge in [-0.3, -0.25) is 0 Å². The van der Waals surface area contributed by atoms with Crippen molar-refractivity contribution >= 4 is 5.97 Å². The molecule has 0 bridgehead atoms. The first-order valence-electron chi connectivity index (χ1n) is 4.02.